The lowest BCUT2D eigenvalue weighted by Gasteiger charge is -2.20. The first-order chi connectivity index (χ1) is 11.3. The summed E-state index contributed by atoms with van der Waals surface area (Å²) < 4.78 is 5.86. The quantitative estimate of drug-likeness (QED) is 0.596. The minimum absolute atomic E-state index is 0.288. The maximum absolute atomic E-state index is 5.86. The van der Waals surface area contributed by atoms with Crippen molar-refractivity contribution in [1.82, 2.24) is 9.99 Å². The highest BCUT2D eigenvalue weighted by molar-refractivity contribution is 5.09. The molecule has 1 aromatic rings. The molecule has 126 valence electrons. The van der Waals surface area contributed by atoms with Crippen molar-refractivity contribution in [3.05, 3.63) is 41.9 Å². The average molecular weight is 316 g/mol. The first-order valence-electron chi connectivity index (χ1n) is 8.64. The third-order valence-electron chi connectivity index (χ3n) is 3.91. The Hall–Kier alpha value is -1.75. The number of pyridine rings is 1. The molecule has 2 rings (SSSR count). The van der Waals surface area contributed by atoms with Gasteiger partial charge in [0.1, 0.15) is 0 Å². The summed E-state index contributed by atoms with van der Waals surface area (Å²) in [5.74, 6) is 0. The molecule has 0 radical (unpaired) electrons. The second-order valence-electron chi connectivity index (χ2n) is 6.06. The van der Waals surface area contributed by atoms with Crippen molar-refractivity contribution >= 4 is 0 Å². The first kappa shape index (κ1) is 17.6. The molecule has 0 fully saturated rings. The number of rotatable bonds is 10. The molecular weight excluding hydrogens is 288 g/mol. The molecule has 1 aromatic heterocycles. The van der Waals surface area contributed by atoms with E-state index in [1.165, 1.54) is 25.7 Å². The van der Waals surface area contributed by atoms with Crippen LogP contribution < -0.4 is 0 Å². The van der Waals surface area contributed by atoms with Gasteiger partial charge in [0.15, 0.2) is 0 Å². The van der Waals surface area contributed by atoms with Gasteiger partial charge in [-0.15, -0.1) is 5.11 Å². The SMILES string of the molecule is CCCCCCC(C)OCC1=CCN(Cc2cccnc2)N=N1. The summed E-state index contributed by atoms with van der Waals surface area (Å²) in [6.45, 7) is 6.43. The average Bonchev–Trinajstić information content (AvgIpc) is 2.59. The van der Waals surface area contributed by atoms with Crippen LogP contribution in [0, 0.1) is 0 Å². The molecule has 5 nitrogen and oxygen atoms in total. The Balaban J connectivity index is 1.64. The van der Waals surface area contributed by atoms with Crippen LogP contribution in [-0.4, -0.2) is 29.2 Å². The summed E-state index contributed by atoms with van der Waals surface area (Å²) in [5.41, 5.74) is 2.06. The summed E-state index contributed by atoms with van der Waals surface area (Å²) in [6, 6.07) is 3.98. The van der Waals surface area contributed by atoms with E-state index in [-0.39, 0.29) is 6.10 Å². The molecule has 1 aliphatic heterocycles. The maximum atomic E-state index is 5.86. The Morgan fingerprint density at radius 1 is 1.30 bits per heavy atom. The van der Waals surface area contributed by atoms with Gasteiger partial charge in [-0.1, -0.05) is 43.9 Å². The fourth-order valence-corrected chi connectivity index (χ4v) is 2.46. The number of hydrogen-bond acceptors (Lipinski definition) is 5. The summed E-state index contributed by atoms with van der Waals surface area (Å²) in [5, 5.41) is 10.4. The molecule has 0 N–H and O–H groups in total. The van der Waals surface area contributed by atoms with Crippen molar-refractivity contribution in [1.29, 1.82) is 0 Å². The second-order valence-corrected chi connectivity index (χ2v) is 6.06. The van der Waals surface area contributed by atoms with E-state index < -0.39 is 0 Å². The fourth-order valence-electron chi connectivity index (χ4n) is 2.46. The molecule has 1 atom stereocenters. The standard InChI is InChI=1S/C18H28N4O/c1-3-4-5-6-8-16(2)23-15-18-10-12-22(21-20-18)14-17-9-7-11-19-13-17/h7,9-11,13,16H,3-6,8,12,14-15H2,1-2H3. The van der Waals surface area contributed by atoms with Gasteiger partial charge >= 0.3 is 0 Å². The van der Waals surface area contributed by atoms with Crippen LogP contribution in [-0.2, 0) is 11.3 Å². The minimum atomic E-state index is 0.288. The predicted molar refractivity (Wildman–Crippen MR) is 91.8 cm³/mol. The van der Waals surface area contributed by atoms with Crippen molar-refractivity contribution in [3.63, 3.8) is 0 Å². The number of nitrogens with zero attached hydrogens (tertiary/aromatic N) is 4. The molecular formula is C18H28N4O. The summed E-state index contributed by atoms with van der Waals surface area (Å²) in [4.78, 5) is 4.12. The topological polar surface area (TPSA) is 50.1 Å². The van der Waals surface area contributed by atoms with E-state index in [4.69, 9.17) is 4.74 Å². The Bertz CT molecular complexity index is 501. The van der Waals surface area contributed by atoms with Gasteiger partial charge < -0.3 is 4.74 Å². The van der Waals surface area contributed by atoms with Gasteiger partial charge in [0.05, 0.1) is 31.5 Å². The van der Waals surface area contributed by atoms with E-state index in [9.17, 15) is 0 Å². The largest absolute Gasteiger partial charge is 0.372 e. The molecule has 5 heteroatoms. The number of hydrogen-bond donors (Lipinski definition) is 0. The van der Waals surface area contributed by atoms with Crippen LogP contribution in [0.3, 0.4) is 0 Å². The van der Waals surface area contributed by atoms with Crippen molar-refractivity contribution in [2.75, 3.05) is 13.2 Å². The molecule has 1 unspecified atom stereocenters. The van der Waals surface area contributed by atoms with Crippen molar-refractivity contribution in [2.45, 2.75) is 58.6 Å². The van der Waals surface area contributed by atoms with Gasteiger partial charge in [0.25, 0.3) is 0 Å². The predicted octanol–water partition coefficient (Wildman–Crippen LogP) is 4.52. The Morgan fingerprint density at radius 3 is 2.91 bits per heavy atom. The molecule has 2 heterocycles. The first-order valence-corrected chi connectivity index (χ1v) is 8.64. The molecule has 0 bridgehead atoms. The van der Waals surface area contributed by atoms with Gasteiger partial charge in [-0.05, 0) is 31.1 Å². The molecule has 0 saturated heterocycles. The van der Waals surface area contributed by atoms with E-state index in [0.29, 0.717) is 6.61 Å². The molecule has 0 aromatic carbocycles. The lowest BCUT2D eigenvalue weighted by molar-refractivity contribution is 0.0726. The van der Waals surface area contributed by atoms with E-state index in [1.54, 1.807) is 6.20 Å². The van der Waals surface area contributed by atoms with Gasteiger partial charge in [-0.3, -0.25) is 9.99 Å². The zero-order valence-electron chi connectivity index (χ0n) is 14.3. The summed E-state index contributed by atoms with van der Waals surface area (Å²) in [6.07, 6.45) is 12.3. The highest BCUT2D eigenvalue weighted by Gasteiger charge is 2.10. The maximum Gasteiger partial charge on any atom is 0.0908 e. The Kier molecular flexibility index (Phi) is 7.73. The lowest BCUT2D eigenvalue weighted by atomic mass is 10.1. The number of unbranched alkanes of at least 4 members (excludes halogenated alkanes) is 3. The van der Waals surface area contributed by atoms with Crippen LogP contribution >= 0.6 is 0 Å². The zero-order valence-corrected chi connectivity index (χ0v) is 14.3. The molecule has 1 aliphatic rings. The van der Waals surface area contributed by atoms with Crippen molar-refractivity contribution in [2.24, 2.45) is 10.3 Å². The molecule has 0 spiro atoms. The minimum Gasteiger partial charge on any atom is -0.372 e. The second kappa shape index (κ2) is 10.1. The van der Waals surface area contributed by atoms with E-state index >= 15 is 0 Å². The smallest absolute Gasteiger partial charge is 0.0908 e. The van der Waals surface area contributed by atoms with Gasteiger partial charge in [-0.2, -0.15) is 0 Å². The van der Waals surface area contributed by atoms with E-state index in [2.05, 4.69) is 35.2 Å². The van der Waals surface area contributed by atoms with E-state index in [1.807, 2.05) is 23.3 Å². The Labute approximate surface area is 139 Å². The van der Waals surface area contributed by atoms with Crippen molar-refractivity contribution in [3.8, 4) is 0 Å². The Morgan fingerprint density at radius 2 is 2.22 bits per heavy atom. The van der Waals surface area contributed by atoms with Gasteiger partial charge in [0.2, 0.25) is 0 Å². The lowest BCUT2D eigenvalue weighted by Crippen LogP contribution is -2.20. The van der Waals surface area contributed by atoms with Gasteiger partial charge in [-0.25, -0.2) is 0 Å². The van der Waals surface area contributed by atoms with Crippen LogP contribution in [0.25, 0.3) is 0 Å². The van der Waals surface area contributed by atoms with Gasteiger partial charge in [0, 0.05) is 12.4 Å². The van der Waals surface area contributed by atoms with Crippen LogP contribution in [0.15, 0.2) is 46.6 Å². The van der Waals surface area contributed by atoms with Crippen LogP contribution in [0.4, 0.5) is 0 Å². The molecule has 23 heavy (non-hydrogen) atoms. The number of ether oxygens (including phenoxy) is 1. The highest BCUT2D eigenvalue weighted by atomic mass is 16.5. The zero-order chi connectivity index (χ0) is 16.3. The summed E-state index contributed by atoms with van der Waals surface area (Å²) in [7, 11) is 0. The van der Waals surface area contributed by atoms with Crippen LogP contribution in [0.2, 0.25) is 0 Å². The molecule has 0 aliphatic carbocycles. The van der Waals surface area contributed by atoms with Crippen LogP contribution in [0.1, 0.15) is 51.5 Å². The third kappa shape index (κ3) is 6.91. The number of aromatic nitrogens is 1. The molecule has 0 amide bonds. The normalized spacial score (nSPS) is 15.6. The monoisotopic (exact) mass is 316 g/mol. The van der Waals surface area contributed by atoms with E-state index in [0.717, 1.165) is 30.8 Å². The highest BCUT2D eigenvalue weighted by Crippen LogP contribution is 2.14. The molecule has 0 saturated carbocycles. The van der Waals surface area contributed by atoms with Crippen LogP contribution in [0.5, 0.6) is 0 Å². The third-order valence-corrected chi connectivity index (χ3v) is 3.91. The fraction of sp³-hybridized carbons (Fsp3) is 0.611. The summed E-state index contributed by atoms with van der Waals surface area (Å²) >= 11 is 0. The van der Waals surface area contributed by atoms with Crippen molar-refractivity contribution < 1.29 is 4.74 Å².